The fraction of sp³-hybridized carbons (Fsp3) is 1.00. The van der Waals surface area contributed by atoms with E-state index in [0.29, 0.717) is 0 Å². The van der Waals surface area contributed by atoms with Crippen LogP contribution in [0.1, 0.15) is 45.4 Å². The third-order valence-corrected chi connectivity index (χ3v) is 2.48. The van der Waals surface area contributed by atoms with Crippen molar-refractivity contribution in [3.8, 4) is 0 Å². The molecule has 60 valence electrons. The smallest absolute Gasteiger partial charge is 0.0540 e. The summed E-state index contributed by atoms with van der Waals surface area (Å²) in [4.78, 5) is 0. The van der Waals surface area contributed by atoms with Gasteiger partial charge in [-0.05, 0) is 25.2 Å². The maximum absolute atomic E-state index is 9.33. The first-order valence-electron chi connectivity index (χ1n) is 4.47. The van der Waals surface area contributed by atoms with Gasteiger partial charge in [-0.25, -0.2) is 0 Å². The van der Waals surface area contributed by atoms with Crippen molar-refractivity contribution < 1.29 is 5.11 Å². The number of aliphatic hydroxyl groups excluding tert-OH is 1. The Balaban J connectivity index is 2.23. The van der Waals surface area contributed by atoms with E-state index in [4.69, 9.17) is 0 Å². The standard InChI is InChI=1S/C9H18O/c1-8-4-2-3-5-9(10)7-6-8/h8-10H,2-7H2,1H3/t8-,9-/m0/s1. The van der Waals surface area contributed by atoms with Crippen molar-refractivity contribution in [3.63, 3.8) is 0 Å². The van der Waals surface area contributed by atoms with Crippen molar-refractivity contribution in [3.05, 3.63) is 0 Å². The van der Waals surface area contributed by atoms with Crippen molar-refractivity contribution in [2.75, 3.05) is 0 Å². The molecule has 0 spiro atoms. The van der Waals surface area contributed by atoms with Gasteiger partial charge in [-0.3, -0.25) is 0 Å². The maximum Gasteiger partial charge on any atom is 0.0540 e. The topological polar surface area (TPSA) is 20.2 Å². The van der Waals surface area contributed by atoms with Crippen LogP contribution in [0, 0.1) is 5.92 Å². The Hall–Kier alpha value is -0.0400. The lowest BCUT2D eigenvalue weighted by Gasteiger charge is -2.18. The summed E-state index contributed by atoms with van der Waals surface area (Å²) in [6.45, 7) is 2.29. The van der Waals surface area contributed by atoms with Crippen molar-refractivity contribution in [1.29, 1.82) is 0 Å². The molecule has 0 bridgehead atoms. The summed E-state index contributed by atoms with van der Waals surface area (Å²) in [6.07, 6.45) is 7.20. The summed E-state index contributed by atoms with van der Waals surface area (Å²) in [5.41, 5.74) is 0. The van der Waals surface area contributed by atoms with Crippen LogP contribution >= 0.6 is 0 Å². The minimum absolute atomic E-state index is 0.00255. The average Bonchev–Trinajstić information content (AvgIpc) is 1.90. The summed E-state index contributed by atoms with van der Waals surface area (Å²) in [6, 6.07) is 0. The van der Waals surface area contributed by atoms with Crippen LogP contribution in [0.2, 0.25) is 0 Å². The first kappa shape index (κ1) is 8.06. The SMILES string of the molecule is C[C@H]1CCCC[C@H](O)CC1. The summed E-state index contributed by atoms with van der Waals surface area (Å²) < 4.78 is 0. The molecule has 1 N–H and O–H groups in total. The Morgan fingerprint density at radius 1 is 1.00 bits per heavy atom. The van der Waals surface area contributed by atoms with E-state index < -0.39 is 0 Å². The maximum atomic E-state index is 9.33. The molecule has 0 unspecified atom stereocenters. The summed E-state index contributed by atoms with van der Waals surface area (Å²) in [5, 5.41) is 9.33. The van der Waals surface area contributed by atoms with Gasteiger partial charge in [-0.15, -0.1) is 0 Å². The third-order valence-electron chi connectivity index (χ3n) is 2.48. The highest BCUT2D eigenvalue weighted by atomic mass is 16.3. The van der Waals surface area contributed by atoms with Crippen LogP contribution < -0.4 is 0 Å². The summed E-state index contributed by atoms with van der Waals surface area (Å²) >= 11 is 0. The normalized spacial score (nSPS) is 36.6. The van der Waals surface area contributed by atoms with Gasteiger partial charge in [0.15, 0.2) is 0 Å². The molecule has 1 fully saturated rings. The minimum atomic E-state index is 0.00255. The second kappa shape index (κ2) is 3.97. The second-order valence-corrected chi connectivity index (χ2v) is 3.62. The van der Waals surface area contributed by atoms with Crippen molar-refractivity contribution in [2.24, 2.45) is 5.92 Å². The van der Waals surface area contributed by atoms with Gasteiger partial charge in [0.25, 0.3) is 0 Å². The highest BCUT2D eigenvalue weighted by molar-refractivity contribution is 4.64. The van der Waals surface area contributed by atoms with E-state index in [-0.39, 0.29) is 6.10 Å². The van der Waals surface area contributed by atoms with Crippen LogP contribution in [0.15, 0.2) is 0 Å². The average molecular weight is 142 g/mol. The van der Waals surface area contributed by atoms with E-state index in [9.17, 15) is 5.11 Å². The molecule has 0 radical (unpaired) electrons. The first-order valence-corrected chi connectivity index (χ1v) is 4.47. The molecule has 1 aliphatic carbocycles. The van der Waals surface area contributed by atoms with Gasteiger partial charge >= 0.3 is 0 Å². The van der Waals surface area contributed by atoms with Crippen molar-refractivity contribution >= 4 is 0 Å². The Kier molecular flexibility index (Phi) is 3.20. The first-order chi connectivity index (χ1) is 4.79. The van der Waals surface area contributed by atoms with Gasteiger partial charge in [0.1, 0.15) is 0 Å². The van der Waals surface area contributed by atoms with E-state index in [1.54, 1.807) is 0 Å². The van der Waals surface area contributed by atoms with Gasteiger partial charge in [-0.1, -0.05) is 26.2 Å². The van der Waals surface area contributed by atoms with E-state index >= 15 is 0 Å². The molecule has 1 aliphatic rings. The molecule has 1 heteroatoms. The van der Waals surface area contributed by atoms with Crippen LogP contribution in [0.3, 0.4) is 0 Å². The fourth-order valence-electron chi connectivity index (χ4n) is 1.64. The van der Waals surface area contributed by atoms with Gasteiger partial charge in [0.05, 0.1) is 6.10 Å². The lowest BCUT2D eigenvalue weighted by atomic mass is 9.91. The molecule has 2 atom stereocenters. The molecule has 1 saturated carbocycles. The Labute approximate surface area is 63.4 Å². The molecule has 1 nitrogen and oxygen atoms in total. The summed E-state index contributed by atoms with van der Waals surface area (Å²) in [7, 11) is 0. The zero-order chi connectivity index (χ0) is 7.40. The van der Waals surface area contributed by atoms with Gasteiger partial charge in [0.2, 0.25) is 0 Å². The van der Waals surface area contributed by atoms with E-state index in [0.717, 1.165) is 18.8 Å². The largest absolute Gasteiger partial charge is 0.393 e. The molecule has 10 heavy (non-hydrogen) atoms. The van der Waals surface area contributed by atoms with E-state index in [2.05, 4.69) is 6.92 Å². The number of aliphatic hydroxyl groups is 1. The van der Waals surface area contributed by atoms with Crippen LogP contribution in [-0.2, 0) is 0 Å². The molecular formula is C9H18O. The van der Waals surface area contributed by atoms with Gasteiger partial charge < -0.3 is 5.11 Å². The molecular weight excluding hydrogens is 124 g/mol. The molecule has 0 aromatic carbocycles. The third kappa shape index (κ3) is 2.70. The predicted octanol–water partition coefficient (Wildman–Crippen LogP) is 2.34. The highest BCUT2D eigenvalue weighted by Crippen LogP contribution is 2.21. The number of rotatable bonds is 0. The van der Waals surface area contributed by atoms with E-state index in [1.165, 1.54) is 25.7 Å². The van der Waals surface area contributed by atoms with Crippen LogP contribution in [-0.4, -0.2) is 11.2 Å². The lowest BCUT2D eigenvalue weighted by Crippen LogP contribution is -2.11. The minimum Gasteiger partial charge on any atom is -0.393 e. The molecule has 0 amide bonds. The molecule has 0 aliphatic heterocycles. The van der Waals surface area contributed by atoms with E-state index in [1.807, 2.05) is 0 Å². The van der Waals surface area contributed by atoms with Crippen LogP contribution in [0.4, 0.5) is 0 Å². The number of hydrogen-bond acceptors (Lipinski definition) is 1. The Morgan fingerprint density at radius 2 is 1.70 bits per heavy atom. The Morgan fingerprint density at radius 3 is 2.50 bits per heavy atom. The molecule has 0 heterocycles. The molecule has 0 saturated heterocycles. The predicted molar refractivity (Wildman–Crippen MR) is 42.9 cm³/mol. The quantitative estimate of drug-likeness (QED) is 0.550. The number of hydrogen-bond donors (Lipinski definition) is 1. The van der Waals surface area contributed by atoms with Crippen molar-refractivity contribution in [2.45, 2.75) is 51.6 Å². The highest BCUT2D eigenvalue weighted by Gasteiger charge is 2.11. The summed E-state index contributed by atoms with van der Waals surface area (Å²) in [5.74, 6) is 0.843. The van der Waals surface area contributed by atoms with Gasteiger partial charge in [-0.2, -0.15) is 0 Å². The lowest BCUT2D eigenvalue weighted by molar-refractivity contribution is 0.133. The zero-order valence-corrected chi connectivity index (χ0v) is 6.84. The monoisotopic (exact) mass is 142 g/mol. The molecule has 1 rings (SSSR count). The van der Waals surface area contributed by atoms with Crippen LogP contribution in [0.5, 0.6) is 0 Å². The van der Waals surface area contributed by atoms with Crippen LogP contribution in [0.25, 0.3) is 0 Å². The molecule has 0 aromatic heterocycles. The Bertz CT molecular complexity index is 78.7. The zero-order valence-electron chi connectivity index (χ0n) is 6.84. The second-order valence-electron chi connectivity index (χ2n) is 3.62. The van der Waals surface area contributed by atoms with Crippen molar-refractivity contribution in [1.82, 2.24) is 0 Å². The fourth-order valence-corrected chi connectivity index (χ4v) is 1.64. The van der Waals surface area contributed by atoms with Gasteiger partial charge in [0, 0.05) is 0 Å². The molecule has 0 aromatic rings.